The van der Waals surface area contributed by atoms with Crippen molar-refractivity contribution < 1.29 is 0 Å². The third-order valence-corrected chi connectivity index (χ3v) is 3.12. The maximum atomic E-state index is 9.01. The maximum Gasteiger partial charge on any atom is 0.101 e. The molecule has 0 aliphatic rings. The van der Waals surface area contributed by atoms with E-state index in [1.54, 1.807) is 12.1 Å². The first-order valence-corrected chi connectivity index (χ1v) is 6.60. The molecule has 0 saturated heterocycles. The summed E-state index contributed by atoms with van der Waals surface area (Å²) in [5.74, 6) is 0. The predicted octanol–water partition coefficient (Wildman–Crippen LogP) is 3.25. The molecule has 20 heavy (non-hydrogen) atoms. The molecule has 4 nitrogen and oxygen atoms in total. The molecule has 0 saturated carbocycles. The maximum absolute atomic E-state index is 9.01. The summed E-state index contributed by atoms with van der Waals surface area (Å²) in [4.78, 5) is 0. The Labute approximate surface area is 118 Å². The van der Waals surface area contributed by atoms with Gasteiger partial charge in [-0.1, -0.05) is 6.92 Å². The number of aryl methyl sites for hydroxylation is 1. The van der Waals surface area contributed by atoms with Gasteiger partial charge in [0, 0.05) is 24.1 Å². The summed E-state index contributed by atoms with van der Waals surface area (Å²) < 4.78 is 2.21. The van der Waals surface area contributed by atoms with E-state index < -0.39 is 0 Å². The van der Waals surface area contributed by atoms with Crippen LogP contribution in [0, 0.1) is 22.7 Å². The normalized spacial score (nSPS) is 9.75. The van der Waals surface area contributed by atoms with Crippen LogP contribution in [0.15, 0.2) is 36.5 Å². The Hall–Kier alpha value is -2.72. The quantitative estimate of drug-likeness (QED) is 0.901. The second-order valence-electron chi connectivity index (χ2n) is 4.53. The number of nitrogens with zero attached hydrogens (tertiary/aromatic N) is 3. The summed E-state index contributed by atoms with van der Waals surface area (Å²) in [7, 11) is 0. The lowest BCUT2D eigenvalue weighted by Crippen LogP contribution is -2.07. The van der Waals surface area contributed by atoms with E-state index in [0.717, 1.165) is 18.7 Å². The molecule has 0 aliphatic carbocycles. The Morgan fingerprint density at radius 1 is 1.15 bits per heavy atom. The molecular formula is C16H16N4. The summed E-state index contributed by atoms with van der Waals surface area (Å²) in [6.07, 6.45) is 3.16. The van der Waals surface area contributed by atoms with Gasteiger partial charge in [0.2, 0.25) is 0 Å². The smallest absolute Gasteiger partial charge is 0.101 e. The number of hydrogen-bond acceptors (Lipinski definition) is 3. The van der Waals surface area contributed by atoms with Crippen LogP contribution in [0.4, 0.5) is 5.69 Å². The van der Waals surface area contributed by atoms with E-state index in [1.807, 2.05) is 24.3 Å². The average Bonchev–Trinajstić information content (AvgIpc) is 2.92. The van der Waals surface area contributed by atoms with E-state index in [-0.39, 0.29) is 0 Å². The Morgan fingerprint density at radius 2 is 1.95 bits per heavy atom. The minimum absolute atomic E-state index is 0.404. The monoisotopic (exact) mass is 264 g/mol. The Bertz CT molecular complexity index is 671. The van der Waals surface area contributed by atoms with Crippen molar-refractivity contribution in [2.24, 2.45) is 0 Å². The van der Waals surface area contributed by atoms with Crippen LogP contribution in [0.25, 0.3) is 0 Å². The molecule has 0 atom stereocenters. The van der Waals surface area contributed by atoms with Gasteiger partial charge in [0.05, 0.1) is 17.7 Å². The second-order valence-corrected chi connectivity index (χ2v) is 4.53. The molecule has 1 heterocycles. The number of rotatable bonds is 5. The Balaban J connectivity index is 2.10. The van der Waals surface area contributed by atoms with Crippen LogP contribution in [0.2, 0.25) is 0 Å². The van der Waals surface area contributed by atoms with Crippen LogP contribution in [-0.2, 0) is 13.1 Å². The lowest BCUT2D eigenvalue weighted by molar-refractivity contribution is 0.654. The van der Waals surface area contributed by atoms with Crippen molar-refractivity contribution in [2.75, 3.05) is 5.32 Å². The van der Waals surface area contributed by atoms with Gasteiger partial charge in [-0.05, 0) is 36.8 Å². The standard InChI is InChI=1S/C16H16N4/c1-2-7-20-8-3-4-16(20)12-19-15-6-5-13(10-17)14(9-15)11-18/h3-6,8-9,19H,2,7,12H2,1H3. The molecular weight excluding hydrogens is 248 g/mol. The van der Waals surface area contributed by atoms with Gasteiger partial charge in [0.25, 0.3) is 0 Å². The predicted molar refractivity (Wildman–Crippen MR) is 77.9 cm³/mol. The summed E-state index contributed by atoms with van der Waals surface area (Å²) in [6, 6.07) is 13.4. The summed E-state index contributed by atoms with van der Waals surface area (Å²) in [6.45, 7) is 3.85. The average molecular weight is 264 g/mol. The van der Waals surface area contributed by atoms with Gasteiger partial charge < -0.3 is 9.88 Å². The molecule has 100 valence electrons. The first-order chi connectivity index (χ1) is 9.78. The van der Waals surface area contributed by atoms with Gasteiger partial charge >= 0.3 is 0 Å². The molecule has 0 radical (unpaired) electrons. The van der Waals surface area contributed by atoms with Crippen molar-refractivity contribution in [2.45, 2.75) is 26.4 Å². The van der Waals surface area contributed by atoms with Gasteiger partial charge in [-0.2, -0.15) is 10.5 Å². The highest BCUT2D eigenvalue weighted by Gasteiger charge is 2.04. The minimum Gasteiger partial charge on any atom is -0.379 e. The third-order valence-electron chi connectivity index (χ3n) is 3.12. The van der Waals surface area contributed by atoms with Crippen molar-refractivity contribution in [3.8, 4) is 12.1 Å². The molecule has 1 aromatic heterocycles. The molecule has 1 N–H and O–H groups in total. The highest BCUT2D eigenvalue weighted by molar-refractivity contribution is 5.56. The minimum atomic E-state index is 0.404. The number of nitriles is 2. The van der Waals surface area contributed by atoms with E-state index in [1.165, 1.54) is 5.69 Å². The first-order valence-electron chi connectivity index (χ1n) is 6.60. The van der Waals surface area contributed by atoms with Crippen molar-refractivity contribution in [3.63, 3.8) is 0 Å². The van der Waals surface area contributed by atoms with Gasteiger partial charge in [-0.15, -0.1) is 0 Å². The molecule has 0 aliphatic heterocycles. The number of anilines is 1. The summed E-state index contributed by atoms with van der Waals surface area (Å²) >= 11 is 0. The summed E-state index contributed by atoms with van der Waals surface area (Å²) in [5.41, 5.74) is 2.87. The lowest BCUT2D eigenvalue weighted by Gasteiger charge is -2.10. The van der Waals surface area contributed by atoms with E-state index in [0.29, 0.717) is 17.7 Å². The van der Waals surface area contributed by atoms with Gasteiger partial charge in [0.15, 0.2) is 0 Å². The first kappa shape index (κ1) is 13.7. The van der Waals surface area contributed by atoms with Gasteiger partial charge in [-0.3, -0.25) is 0 Å². The fraction of sp³-hybridized carbons (Fsp3) is 0.250. The molecule has 2 rings (SSSR count). The highest BCUT2D eigenvalue weighted by atomic mass is 15.0. The van der Waals surface area contributed by atoms with Crippen LogP contribution in [0.3, 0.4) is 0 Å². The fourth-order valence-electron chi connectivity index (χ4n) is 2.11. The highest BCUT2D eigenvalue weighted by Crippen LogP contribution is 2.16. The van der Waals surface area contributed by atoms with Gasteiger partial charge in [-0.25, -0.2) is 0 Å². The van der Waals surface area contributed by atoms with E-state index >= 15 is 0 Å². The van der Waals surface area contributed by atoms with Crippen molar-refractivity contribution in [1.82, 2.24) is 4.57 Å². The largest absolute Gasteiger partial charge is 0.379 e. The molecule has 0 bridgehead atoms. The molecule has 4 heteroatoms. The van der Waals surface area contributed by atoms with Crippen molar-refractivity contribution in [3.05, 3.63) is 53.3 Å². The molecule has 0 unspecified atom stereocenters. The van der Waals surface area contributed by atoms with Crippen LogP contribution in [-0.4, -0.2) is 4.57 Å². The van der Waals surface area contributed by atoms with E-state index in [9.17, 15) is 0 Å². The Kier molecular flexibility index (Phi) is 4.42. The number of aromatic nitrogens is 1. The SMILES string of the molecule is CCCn1cccc1CNc1ccc(C#N)c(C#N)c1. The molecule has 0 amide bonds. The fourth-order valence-corrected chi connectivity index (χ4v) is 2.11. The second kappa shape index (κ2) is 6.45. The third kappa shape index (κ3) is 2.99. The van der Waals surface area contributed by atoms with Crippen LogP contribution in [0.1, 0.15) is 30.2 Å². The van der Waals surface area contributed by atoms with Crippen molar-refractivity contribution in [1.29, 1.82) is 10.5 Å². The zero-order valence-corrected chi connectivity index (χ0v) is 11.4. The Morgan fingerprint density at radius 3 is 2.65 bits per heavy atom. The number of benzene rings is 1. The summed E-state index contributed by atoms with van der Waals surface area (Å²) in [5, 5.41) is 21.2. The van der Waals surface area contributed by atoms with E-state index in [4.69, 9.17) is 10.5 Å². The zero-order chi connectivity index (χ0) is 14.4. The van der Waals surface area contributed by atoms with Crippen molar-refractivity contribution >= 4 is 5.69 Å². The van der Waals surface area contributed by atoms with Gasteiger partial charge in [0.1, 0.15) is 12.1 Å². The zero-order valence-electron chi connectivity index (χ0n) is 11.4. The number of nitrogens with one attached hydrogen (secondary N) is 1. The topological polar surface area (TPSA) is 64.5 Å². The van der Waals surface area contributed by atoms with Crippen LogP contribution in [0.5, 0.6) is 0 Å². The molecule has 2 aromatic rings. The lowest BCUT2D eigenvalue weighted by atomic mass is 10.1. The van der Waals surface area contributed by atoms with E-state index in [2.05, 4.69) is 29.1 Å². The van der Waals surface area contributed by atoms with Crippen LogP contribution >= 0.6 is 0 Å². The number of hydrogen-bond donors (Lipinski definition) is 1. The van der Waals surface area contributed by atoms with Crippen LogP contribution < -0.4 is 5.32 Å². The molecule has 1 aromatic carbocycles. The molecule has 0 fully saturated rings. The molecule has 0 spiro atoms.